The highest BCUT2D eigenvalue weighted by atomic mass is 127. The SMILES string of the molecule is CCCCCCNC(=NC)NCc1ncc(CC)s1.I. The van der Waals surface area contributed by atoms with E-state index in [4.69, 9.17) is 0 Å². The van der Waals surface area contributed by atoms with E-state index in [1.165, 1.54) is 30.6 Å². The second-order valence-electron chi connectivity index (χ2n) is 4.49. The van der Waals surface area contributed by atoms with Crippen molar-refractivity contribution in [2.45, 2.75) is 52.5 Å². The molecule has 0 aliphatic heterocycles. The summed E-state index contributed by atoms with van der Waals surface area (Å²) in [6.07, 6.45) is 8.09. The van der Waals surface area contributed by atoms with E-state index in [1.54, 1.807) is 18.4 Å². The molecule has 6 heteroatoms. The summed E-state index contributed by atoms with van der Waals surface area (Å²) in [6, 6.07) is 0. The Morgan fingerprint density at radius 1 is 1.25 bits per heavy atom. The molecule has 4 nitrogen and oxygen atoms in total. The highest BCUT2D eigenvalue weighted by Crippen LogP contribution is 2.12. The van der Waals surface area contributed by atoms with Crippen LogP contribution in [-0.4, -0.2) is 24.5 Å². The fourth-order valence-electron chi connectivity index (χ4n) is 1.73. The lowest BCUT2D eigenvalue weighted by molar-refractivity contribution is 0.647. The fraction of sp³-hybridized carbons (Fsp3) is 0.714. The zero-order valence-corrected chi connectivity index (χ0v) is 15.9. The maximum atomic E-state index is 4.39. The second-order valence-corrected chi connectivity index (χ2v) is 5.69. The smallest absolute Gasteiger partial charge is 0.191 e. The minimum Gasteiger partial charge on any atom is -0.356 e. The highest BCUT2D eigenvalue weighted by molar-refractivity contribution is 14.0. The van der Waals surface area contributed by atoms with Gasteiger partial charge in [-0.25, -0.2) is 4.98 Å². The van der Waals surface area contributed by atoms with Gasteiger partial charge in [-0.15, -0.1) is 35.3 Å². The number of thiazole rings is 1. The van der Waals surface area contributed by atoms with E-state index in [1.807, 2.05) is 6.20 Å². The summed E-state index contributed by atoms with van der Waals surface area (Å²) in [5.41, 5.74) is 0. The Bertz CT molecular complexity index is 379. The molecule has 0 spiro atoms. The summed E-state index contributed by atoms with van der Waals surface area (Å²) in [6.45, 7) is 6.12. The van der Waals surface area contributed by atoms with Crippen molar-refractivity contribution < 1.29 is 0 Å². The number of nitrogens with zero attached hydrogens (tertiary/aromatic N) is 2. The molecule has 0 atom stereocenters. The molecule has 1 heterocycles. The average Bonchev–Trinajstić information content (AvgIpc) is 2.90. The molecule has 0 aliphatic rings. The number of aliphatic imine (C=N–C) groups is 1. The third-order valence-corrected chi connectivity index (χ3v) is 4.04. The third kappa shape index (κ3) is 8.04. The maximum Gasteiger partial charge on any atom is 0.191 e. The van der Waals surface area contributed by atoms with Crippen LogP contribution >= 0.6 is 35.3 Å². The number of aryl methyl sites for hydroxylation is 1. The van der Waals surface area contributed by atoms with Crippen molar-refractivity contribution >= 4 is 41.3 Å². The van der Waals surface area contributed by atoms with Crippen molar-refractivity contribution in [1.29, 1.82) is 0 Å². The summed E-state index contributed by atoms with van der Waals surface area (Å²) in [7, 11) is 1.81. The predicted molar refractivity (Wildman–Crippen MR) is 99.3 cm³/mol. The summed E-state index contributed by atoms with van der Waals surface area (Å²) in [5.74, 6) is 0.866. The summed E-state index contributed by atoms with van der Waals surface area (Å²) in [4.78, 5) is 9.94. The Morgan fingerprint density at radius 3 is 2.65 bits per heavy atom. The first kappa shape index (κ1) is 19.6. The highest BCUT2D eigenvalue weighted by Gasteiger charge is 2.02. The minimum absolute atomic E-state index is 0. The molecule has 1 aromatic heterocycles. The number of guanidine groups is 1. The number of halogens is 1. The van der Waals surface area contributed by atoms with Gasteiger partial charge in [-0.2, -0.15) is 0 Å². The summed E-state index contributed by atoms with van der Waals surface area (Å²) < 4.78 is 0. The molecule has 0 unspecified atom stereocenters. The molecule has 0 saturated heterocycles. The molecule has 20 heavy (non-hydrogen) atoms. The summed E-state index contributed by atoms with van der Waals surface area (Å²) in [5, 5.41) is 7.75. The van der Waals surface area contributed by atoms with Gasteiger partial charge < -0.3 is 10.6 Å². The van der Waals surface area contributed by atoms with Crippen molar-refractivity contribution in [3.05, 3.63) is 16.1 Å². The second kappa shape index (κ2) is 12.4. The van der Waals surface area contributed by atoms with Crippen molar-refractivity contribution in [2.24, 2.45) is 4.99 Å². The molecule has 1 rings (SSSR count). The maximum absolute atomic E-state index is 4.39. The van der Waals surface area contributed by atoms with Crippen molar-refractivity contribution in [1.82, 2.24) is 15.6 Å². The van der Waals surface area contributed by atoms with Gasteiger partial charge in [-0.3, -0.25) is 4.99 Å². The lowest BCUT2D eigenvalue weighted by Crippen LogP contribution is -2.37. The number of rotatable bonds is 8. The van der Waals surface area contributed by atoms with Crippen LogP contribution in [0, 0.1) is 0 Å². The molecule has 0 aliphatic carbocycles. The number of nitrogens with one attached hydrogen (secondary N) is 2. The molecule has 116 valence electrons. The van der Waals surface area contributed by atoms with Gasteiger partial charge in [0.15, 0.2) is 5.96 Å². The van der Waals surface area contributed by atoms with Crippen LogP contribution < -0.4 is 10.6 Å². The Balaban J connectivity index is 0.00000361. The van der Waals surface area contributed by atoms with Gasteiger partial charge in [0.2, 0.25) is 0 Å². The van der Waals surface area contributed by atoms with E-state index in [0.717, 1.165) is 30.5 Å². The topological polar surface area (TPSA) is 49.3 Å². The van der Waals surface area contributed by atoms with Crippen LogP contribution in [0.4, 0.5) is 0 Å². The van der Waals surface area contributed by atoms with Gasteiger partial charge >= 0.3 is 0 Å². The van der Waals surface area contributed by atoms with Gasteiger partial charge in [0.1, 0.15) is 5.01 Å². The standard InChI is InChI=1S/C14H26N4S.HI/c1-4-6-7-8-9-16-14(15-3)18-11-13-17-10-12(5-2)19-13;/h10H,4-9,11H2,1-3H3,(H2,15,16,18);1H. The third-order valence-electron chi connectivity index (χ3n) is 2.90. The van der Waals surface area contributed by atoms with Crippen LogP contribution in [0.3, 0.4) is 0 Å². The van der Waals surface area contributed by atoms with E-state index in [-0.39, 0.29) is 24.0 Å². The number of unbranched alkanes of at least 4 members (excludes halogenated alkanes) is 3. The van der Waals surface area contributed by atoms with Crippen LogP contribution in [0.1, 0.15) is 49.4 Å². The minimum atomic E-state index is 0. The molecule has 0 amide bonds. The zero-order chi connectivity index (χ0) is 13.9. The lowest BCUT2D eigenvalue weighted by atomic mass is 10.2. The molecular weight excluding hydrogens is 383 g/mol. The van der Waals surface area contributed by atoms with Gasteiger partial charge in [-0.05, 0) is 12.8 Å². The zero-order valence-electron chi connectivity index (χ0n) is 12.7. The van der Waals surface area contributed by atoms with E-state index in [2.05, 4.69) is 34.5 Å². The van der Waals surface area contributed by atoms with E-state index >= 15 is 0 Å². The van der Waals surface area contributed by atoms with E-state index in [0.29, 0.717) is 0 Å². The molecule has 0 radical (unpaired) electrons. The normalized spacial score (nSPS) is 11.1. The van der Waals surface area contributed by atoms with Crippen LogP contribution in [-0.2, 0) is 13.0 Å². The van der Waals surface area contributed by atoms with Gasteiger partial charge in [-0.1, -0.05) is 33.1 Å². The molecule has 0 aromatic carbocycles. The van der Waals surface area contributed by atoms with Gasteiger partial charge in [0.05, 0.1) is 6.54 Å². The van der Waals surface area contributed by atoms with E-state index in [9.17, 15) is 0 Å². The Hall–Kier alpha value is -0.370. The Morgan fingerprint density at radius 2 is 2.05 bits per heavy atom. The van der Waals surface area contributed by atoms with Crippen LogP contribution in [0.25, 0.3) is 0 Å². The number of hydrogen-bond donors (Lipinski definition) is 2. The van der Waals surface area contributed by atoms with Crippen molar-refractivity contribution in [3.63, 3.8) is 0 Å². The summed E-state index contributed by atoms with van der Waals surface area (Å²) >= 11 is 1.76. The number of aromatic nitrogens is 1. The van der Waals surface area contributed by atoms with Crippen molar-refractivity contribution in [2.75, 3.05) is 13.6 Å². The molecule has 0 bridgehead atoms. The van der Waals surface area contributed by atoms with Crippen LogP contribution in [0.2, 0.25) is 0 Å². The largest absolute Gasteiger partial charge is 0.356 e. The molecule has 0 fully saturated rings. The quantitative estimate of drug-likeness (QED) is 0.298. The molecule has 0 saturated carbocycles. The Labute approximate surface area is 143 Å². The lowest BCUT2D eigenvalue weighted by Gasteiger charge is -2.10. The average molecular weight is 410 g/mol. The first-order valence-electron chi connectivity index (χ1n) is 7.18. The van der Waals surface area contributed by atoms with Crippen LogP contribution in [0.15, 0.2) is 11.2 Å². The first-order valence-corrected chi connectivity index (χ1v) is 7.99. The fourth-order valence-corrected chi connectivity index (χ4v) is 2.53. The molecule has 2 N–H and O–H groups in total. The monoisotopic (exact) mass is 410 g/mol. The van der Waals surface area contributed by atoms with Crippen molar-refractivity contribution in [3.8, 4) is 0 Å². The van der Waals surface area contributed by atoms with Gasteiger partial charge in [0, 0.05) is 24.7 Å². The molecule has 1 aromatic rings. The first-order chi connectivity index (χ1) is 9.30. The Kier molecular flexibility index (Phi) is 12.1. The van der Waals surface area contributed by atoms with E-state index < -0.39 is 0 Å². The number of hydrogen-bond acceptors (Lipinski definition) is 3. The predicted octanol–water partition coefficient (Wildman–Crippen LogP) is 3.57. The van der Waals surface area contributed by atoms with Crippen LogP contribution in [0.5, 0.6) is 0 Å². The van der Waals surface area contributed by atoms with Gasteiger partial charge in [0.25, 0.3) is 0 Å². The molecular formula is C14H27IN4S.